The van der Waals surface area contributed by atoms with Crippen molar-refractivity contribution in [2.24, 2.45) is 0 Å². The number of ether oxygens (including phenoxy) is 1. The molecule has 11 heavy (non-hydrogen) atoms. The lowest BCUT2D eigenvalue weighted by molar-refractivity contribution is 0.0740. The molecule has 1 fully saturated rings. The fourth-order valence-corrected chi connectivity index (χ4v) is 1.30. The van der Waals surface area contributed by atoms with E-state index < -0.39 is 13.5 Å². The highest BCUT2D eigenvalue weighted by Gasteiger charge is 2.26. The summed E-state index contributed by atoms with van der Waals surface area (Å²) in [5, 5.41) is 0. The van der Waals surface area contributed by atoms with Crippen LogP contribution in [0, 0.1) is 0 Å². The summed E-state index contributed by atoms with van der Waals surface area (Å²) >= 11 is 0. The van der Waals surface area contributed by atoms with Crippen molar-refractivity contribution in [2.45, 2.75) is 31.8 Å². The molecule has 0 bridgehead atoms. The van der Waals surface area contributed by atoms with Crippen LogP contribution in [0.5, 0.6) is 0 Å². The SMILES string of the molecule is F[B-](F)(F)COC1CCCC1. The van der Waals surface area contributed by atoms with E-state index in [2.05, 4.69) is 4.74 Å². The van der Waals surface area contributed by atoms with Crippen molar-refractivity contribution >= 4 is 6.98 Å². The van der Waals surface area contributed by atoms with E-state index in [1.54, 1.807) is 0 Å². The first kappa shape index (κ1) is 8.91. The van der Waals surface area contributed by atoms with Gasteiger partial charge in [-0.1, -0.05) is 12.8 Å². The van der Waals surface area contributed by atoms with E-state index in [0.717, 1.165) is 25.7 Å². The van der Waals surface area contributed by atoms with Gasteiger partial charge in [-0.3, -0.25) is 0 Å². The molecule has 1 aliphatic carbocycles. The van der Waals surface area contributed by atoms with Gasteiger partial charge in [-0.15, -0.1) is 0 Å². The Bertz CT molecular complexity index is 119. The van der Waals surface area contributed by atoms with Crippen molar-refractivity contribution in [2.75, 3.05) is 6.51 Å². The maximum absolute atomic E-state index is 11.6. The normalized spacial score (nSPS) is 21.0. The van der Waals surface area contributed by atoms with Crippen LogP contribution in [0.3, 0.4) is 0 Å². The highest BCUT2D eigenvalue weighted by Crippen LogP contribution is 2.22. The summed E-state index contributed by atoms with van der Waals surface area (Å²) < 4.78 is 39.6. The number of halogens is 3. The molecule has 1 rings (SSSR count). The third-order valence-corrected chi connectivity index (χ3v) is 1.82. The van der Waals surface area contributed by atoms with Gasteiger partial charge in [0.05, 0.1) is 6.10 Å². The first-order chi connectivity index (χ1) is 5.08. The van der Waals surface area contributed by atoms with Crippen LogP contribution in [0.1, 0.15) is 25.7 Å². The van der Waals surface area contributed by atoms with Crippen LogP contribution in [0.25, 0.3) is 0 Å². The van der Waals surface area contributed by atoms with E-state index in [1.165, 1.54) is 0 Å². The topological polar surface area (TPSA) is 9.23 Å². The summed E-state index contributed by atoms with van der Waals surface area (Å²) in [5.74, 6) is 0. The van der Waals surface area contributed by atoms with E-state index in [0.29, 0.717) is 0 Å². The summed E-state index contributed by atoms with van der Waals surface area (Å²) in [6, 6.07) is 0. The molecular formula is C6H11BF3O-. The van der Waals surface area contributed by atoms with Crippen molar-refractivity contribution in [1.82, 2.24) is 0 Å². The molecule has 0 heterocycles. The molecule has 5 heteroatoms. The summed E-state index contributed by atoms with van der Waals surface area (Å²) in [7, 11) is 0. The van der Waals surface area contributed by atoms with Gasteiger partial charge in [-0.05, 0) is 12.8 Å². The molecule has 0 aromatic rings. The highest BCUT2D eigenvalue weighted by atomic mass is 19.4. The molecule has 0 aromatic heterocycles. The molecular weight excluding hydrogens is 156 g/mol. The number of hydrogen-bond donors (Lipinski definition) is 0. The van der Waals surface area contributed by atoms with Gasteiger partial charge in [0.25, 0.3) is 0 Å². The van der Waals surface area contributed by atoms with Gasteiger partial charge in [0.2, 0.25) is 0 Å². The minimum absolute atomic E-state index is 0.126. The standard InChI is InChI=1S/C6H11BF3O/c8-7(9,10)5-11-6-3-1-2-4-6/h6H,1-5H2/q-1. The molecule has 0 saturated heterocycles. The van der Waals surface area contributed by atoms with Gasteiger partial charge in [0, 0.05) is 6.51 Å². The second-order valence-corrected chi connectivity index (χ2v) is 2.95. The molecule has 0 aromatic carbocycles. The van der Waals surface area contributed by atoms with Crippen LogP contribution in [0.15, 0.2) is 0 Å². The lowest BCUT2D eigenvalue weighted by Crippen LogP contribution is -2.27. The van der Waals surface area contributed by atoms with Gasteiger partial charge in [0.15, 0.2) is 0 Å². The van der Waals surface area contributed by atoms with Gasteiger partial charge < -0.3 is 17.7 Å². The van der Waals surface area contributed by atoms with Crippen LogP contribution >= 0.6 is 0 Å². The van der Waals surface area contributed by atoms with Gasteiger partial charge >= 0.3 is 6.98 Å². The van der Waals surface area contributed by atoms with Crippen LogP contribution in [0.4, 0.5) is 12.9 Å². The van der Waals surface area contributed by atoms with Crippen molar-refractivity contribution < 1.29 is 17.7 Å². The molecule has 0 unspecified atom stereocenters. The predicted octanol–water partition coefficient (Wildman–Crippen LogP) is 2.33. The van der Waals surface area contributed by atoms with Crippen molar-refractivity contribution in [3.05, 3.63) is 0 Å². The summed E-state index contributed by atoms with van der Waals surface area (Å²) in [6.45, 7) is -5.76. The second-order valence-electron chi connectivity index (χ2n) is 2.95. The molecule has 0 N–H and O–H groups in total. The van der Waals surface area contributed by atoms with Crippen molar-refractivity contribution in [1.29, 1.82) is 0 Å². The molecule has 0 radical (unpaired) electrons. The Morgan fingerprint density at radius 2 is 1.73 bits per heavy atom. The lowest BCUT2D eigenvalue weighted by atomic mass is 9.94. The van der Waals surface area contributed by atoms with Gasteiger partial charge in [0.1, 0.15) is 0 Å². The Morgan fingerprint density at radius 3 is 2.18 bits per heavy atom. The summed E-state index contributed by atoms with van der Waals surface area (Å²) in [4.78, 5) is 0. The quantitative estimate of drug-likeness (QED) is 0.586. The Hall–Kier alpha value is -0.185. The first-order valence-corrected chi connectivity index (χ1v) is 3.90. The van der Waals surface area contributed by atoms with E-state index in [1.807, 2.05) is 0 Å². The van der Waals surface area contributed by atoms with Crippen molar-refractivity contribution in [3.63, 3.8) is 0 Å². The van der Waals surface area contributed by atoms with E-state index in [4.69, 9.17) is 0 Å². The predicted molar refractivity (Wildman–Crippen MR) is 37.3 cm³/mol. The molecule has 0 amide bonds. The molecule has 0 spiro atoms. The molecule has 66 valence electrons. The molecule has 1 saturated carbocycles. The smallest absolute Gasteiger partial charge is 0.447 e. The molecule has 0 aliphatic heterocycles. The maximum atomic E-state index is 11.6. The fraction of sp³-hybridized carbons (Fsp3) is 1.00. The average Bonchev–Trinajstić information content (AvgIpc) is 2.32. The minimum Gasteiger partial charge on any atom is -0.447 e. The van der Waals surface area contributed by atoms with Crippen LogP contribution in [0.2, 0.25) is 0 Å². The first-order valence-electron chi connectivity index (χ1n) is 3.90. The summed E-state index contributed by atoms with van der Waals surface area (Å²) in [5.41, 5.74) is 0. The zero-order valence-corrected chi connectivity index (χ0v) is 6.23. The number of hydrogen-bond acceptors (Lipinski definition) is 1. The molecule has 1 nitrogen and oxygen atoms in total. The van der Waals surface area contributed by atoms with E-state index in [9.17, 15) is 12.9 Å². The largest absolute Gasteiger partial charge is 0.503 e. The second kappa shape index (κ2) is 3.47. The highest BCUT2D eigenvalue weighted by molar-refractivity contribution is 6.58. The minimum atomic E-state index is -4.74. The Labute approximate surface area is 64.0 Å². The summed E-state index contributed by atoms with van der Waals surface area (Å²) in [6.07, 6.45) is 3.49. The van der Waals surface area contributed by atoms with E-state index in [-0.39, 0.29) is 6.10 Å². The lowest BCUT2D eigenvalue weighted by Gasteiger charge is -2.17. The van der Waals surface area contributed by atoms with Gasteiger partial charge in [-0.2, -0.15) is 0 Å². The van der Waals surface area contributed by atoms with E-state index >= 15 is 0 Å². The molecule has 1 aliphatic rings. The van der Waals surface area contributed by atoms with Crippen LogP contribution in [-0.2, 0) is 4.74 Å². The number of rotatable bonds is 3. The Balaban J connectivity index is 2.11. The monoisotopic (exact) mass is 167 g/mol. The van der Waals surface area contributed by atoms with Crippen LogP contribution in [-0.4, -0.2) is 19.6 Å². The fourth-order valence-electron chi connectivity index (χ4n) is 1.30. The zero-order valence-electron chi connectivity index (χ0n) is 6.23. The van der Waals surface area contributed by atoms with Gasteiger partial charge in [-0.25, -0.2) is 0 Å². The third kappa shape index (κ3) is 3.65. The molecule has 0 atom stereocenters. The maximum Gasteiger partial charge on any atom is 0.503 e. The van der Waals surface area contributed by atoms with Crippen LogP contribution < -0.4 is 0 Å². The Kier molecular flexibility index (Phi) is 2.81. The van der Waals surface area contributed by atoms with Crippen molar-refractivity contribution in [3.8, 4) is 0 Å². The third-order valence-electron chi connectivity index (χ3n) is 1.82. The Morgan fingerprint density at radius 1 is 1.18 bits per heavy atom. The average molecular weight is 167 g/mol. The zero-order chi connectivity index (χ0) is 8.32.